The van der Waals surface area contributed by atoms with Gasteiger partial charge < -0.3 is 15.2 Å². The Morgan fingerprint density at radius 1 is 0.978 bits per heavy atom. The number of nitrogens with zero attached hydrogens (tertiary/aromatic N) is 3. The smallest absolute Gasteiger partial charge is 0.305 e. The van der Waals surface area contributed by atoms with E-state index in [0.29, 0.717) is 29.9 Å². The molecule has 8 heteroatoms. The Morgan fingerprint density at radius 3 is 2.43 bits per heavy atom. The number of methoxy groups -OCH3 is 1. The van der Waals surface area contributed by atoms with Gasteiger partial charge in [0.05, 0.1) is 41.3 Å². The molecule has 0 aromatic heterocycles. The van der Waals surface area contributed by atoms with Crippen LogP contribution in [-0.2, 0) is 14.3 Å². The lowest BCUT2D eigenvalue weighted by molar-refractivity contribution is -0.140. The number of carbonyl (C=O) groups excluding carboxylic acids is 2. The molecule has 0 spiro atoms. The second-order valence-corrected chi connectivity index (χ2v) is 13.0. The summed E-state index contributed by atoms with van der Waals surface area (Å²) in [6.45, 7) is 12.5. The van der Waals surface area contributed by atoms with Crippen LogP contribution in [0, 0.1) is 11.8 Å². The maximum atomic E-state index is 13.5. The summed E-state index contributed by atoms with van der Waals surface area (Å²) in [5.74, 6) is 0.139. The number of Topliss-reactive ketones (excluding diaryl/α,β-unsaturated/α-hetero) is 1. The highest BCUT2D eigenvalue weighted by Crippen LogP contribution is 2.45. The fourth-order valence-corrected chi connectivity index (χ4v) is 7.49. The second kappa shape index (κ2) is 12.5. The third-order valence-electron chi connectivity index (χ3n) is 10.2. The van der Waals surface area contributed by atoms with Crippen molar-refractivity contribution in [3.8, 4) is 0 Å². The average Bonchev–Trinajstić information content (AvgIpc) is 3.78. The van der Waals surface area contributed by atoms with Crippen molar-refractivity contribution in [2.45, 2.75) is 92.9 Å². The van der Waals surface area contributed by atoms with Crippen LogP contribution in [0.2, 0.25) is 0 Å². The van der Waals surface area contributed by atoms with Gasteiger partial charge in [-0.05, 0) is 80.6 Å². The van der Waals surface area contributed by atoms with Crippen LogP contribution in [0.4, 0.5) is 0 Å². The van der Waals surface area contributed by atoms with Crippen molar-refractivity contribution in [2.75, 3.05) is 7.11 Å². The van der Waals surface area contributed by atoms with Crippen molar-refractivity contribution in [3.63, 3.8) is 0 Å². The molecule has 6 aliphatic rings. The summed E-state index contributed by atoms with van der Waals surface area (Å²) in [6.07, 6.45) is 11.6. The first kappa shape index (κ1) is 31.6. The summed E-state index contributed by atoms with van der Waals surface area (Å²) < 4.78 is 4.99. The number of allylic oxidation sites excluding steroid dienone is 13. The zero-order valence-corrected chi connectivity index (χ0v) is 28.1. The number of unbranched alkanes of at least 4 members (excludes halogenated alkanes) is 2. The predicted octanol–water partition coefficient (Wildman–Crippen LogP) is 7.76. The summed E-state index contributed by atoms with van der Waals surface area (Å²) >= 11 is 0. The van der Waals surface area contributed by atoms with Gasteiger partial charge in [-0.1, -0.05) is 33.6 Å². The Morgan fingerprint density at radius 2 is 1.72 bits per heavy atom. The maximum absolute atomic E-state index is 13.5. The maximum Gasteiger partial charge on any atom is 0.305 e. The zero-order valence-electron chi connectivity index (χ0n) is 28.1. The third kappa shape index (κ3) is 5.31. The Hall–Kier alpha value is -4.33. The molecule has 2 N–H and O–H groups in total. The van der Waals surface area contributed by atoms with E-state index < -0.39 is 0 Å². The van der Waals surface area contributed by atoms with Gasteiger partial charge in [-0.3, -0.25) is 9.59 Å². The fraction of sp³-hybridized carbons (Fsp3) is 0.447. The molecular formula is C38H44N4O4. The fourth-order valence-electron chi connectivity index (χ4n) is 7.49. The number of esters is 1. The van der Waals surface area contributed by atoms with Gasteiger partial charge in [0.25, 0.3) is 0 Å². The van der Waals surface area contributed by atoms with Crippen LogP contribution in [0.15, 0.2) is 106 Å². The van der Waals surface area contributed by atoms with Gasteiger partial charge in [-0.2, -0.15) is 0 Å². The summed E-state index contributed by atoms with van der Waals surface area (Å²) in [5.41, 5.74) is 12.9. The number of nitrogens with one attached hydrogen (secondary N) is 1. The summed E-state index contributed by atoms with van der Waals surface area (Å²) in [7, 11) is 1.41. The minimum absolute atomic E-state index is 0.0198. The molecule has 0 unspecified atom stereocenters. The van der Waals surface area contributed by atoms with E-state index in [0.717, 1.165) is 99.0 Å². The molecule has 0 radical (unpaired) electrons. The highest BCUT2D eigenvalue weighted by molar-refractivity contribution is 6.38. The molecule has 8 nitrogen and oxygen atoms in total. The van der Waals surface area contributed by atoms with E-state index in [1.54, 1.807) is 0 Å². The highest BCUT2D eigenvalue weighted by Gasteiger charge is 2.43. The molecule has 8 bridgehead atoms. The number of fused-ring (bicyclic) bond motifs is 5. The molecule has 240 valence electrons. The minimum atomic E-state index is -0.259. The molecule has 0 aromatic carbocycles. The van der Waals surface area contributed by atoms with Crippen LogP contribution in [0.25, 0.3) is 0 Å². The van der Waals surface area contributed by atoms with Crippen molar-refractivity contribution in [1.29, 1.82) is 0 Å². The summed E-state index contributed by atoms with van der Waals surface area (Å²) in [4.78, 5) is 41.0. The van der Waals surface area contributed by atoms with Crippen molar-refractivity contribution in [1.82, 2.24) is 5.32 Å². The minimum Gasteiger partial charge on any atom is -0.512 e. The van der Waals surface area contributed by atoms with Crippen LogP contribution in [0.5, 0.6) is 0 Å². The van der Waals surface area contributed by atoms with Gasteiger partial charge in [-0.15, -0.1) is 0 Å². The molecule has 2 fully saturated rings. The number of carbonyl (C=O) groups is 2. The SMILES string of the molecule is CCCCC/C(O)=C1\C2=NC(=C1C)C=C1NC(=C3CC(=O)C4=C(C)C(=CC5=NC(=C2)C(C)=C5CC)N=C34)[C@@H](CCC(=O)OC)[C@@H]1C. The van der Waals surface area contributed by atoms with Gasteiger partial charge in [0.15, 0.2) is 5.78 Å². The number of ether oxygens (including phenoxy) is 1. The number of aliphatic imine (C=N–C) groups is 3. The molecule has 5 aliphatic heterocycles. The third-order valence-corrected chi connectivity index (χ3v) is 10.2. The van der Waals surface area contributed by atoms with Crippen molar-refractivity contribution >= 4 is 28.9 Å². The highest BCUT2D eigenvalue weighted by atomic mass is 16.5. The van der Waals surface area contributed by atoms with Crippen LogP contribution < -0.4 is 5.32 Å². The normalized spacial score (nSPS) is 24.7. The van der Waals surface area contributed by atoms with Crippen molar-refractivity contribution < 1.29 is 19.4 Å². The molecule has 0 aromatic rings. The molecule has 2 atom stereocenters. The van der Waals surface area contributed by atoms with Crippen LogP contribution in [0.1, 0.15) is 92.9 Å². The van der Waals surface area contributed by atoms with Gasteiger partial charge in [0, 0.05) is 59.2 Å². The first-order valence-electron chi connectivity index (χ1n) is 16.6. The van der Waals surface area contributed by atoms with Crippen LogP contribution >= 0.6 is 0 Å². The van der Waals surface area contributed by atoms with E-state index >= 15 is 0 Å². The number of rotatable bonds is 8. The monoisotopic (exact) mass is 620 g/mol. The lowest BCUT2D eigenvalue weighted by atomic mass is 9.86. The standard InChI is InChI=1S/C38H44N4O4/c1-8-10-11-12-32(43)35-21(5)28-16-27-20(4)24(13-14-34(45)46-7)37(41-27)25-15-33(44)36-22(6)29(42-38(25)36)17-30-23(9-2)19(3)26(39-30)18-31(35)40-28/h16-18,20,24,41,43H,8-15H2,1-7H3/b26-18?,27-16?,29-17?,35-32+,37-25?/t20-,24-/m0/s1. The quantitative estimate of drug-likeness (QED) is 0.164. The number of aliphatic hydroxyl groups excluding tert-OH is 1. The molecule has 6 rings (SSSR count). The lowest BCUT2D eigenvalue weighted by Gasteiger charge is -2.17. The van der Waals surface area contributed by atoms with Gasteiger partial charge in [0.1, 0.15) is 5.76 Å². The molecule has 1 aliphatic carbocycles. The first-order valence-corrected chi connectivity index (χ1v) is 16.6. The van der Waals surface area contributed by atoms with E-state index in [1.165, 1.54) is 7.11 Å². The van der Waals surface area contributed by atoms with Gasteiger partial charge in [-0.25, -0.2) is 15.0 Å². The lowest BCUT2D eigenvalue weighted by Crippen LogP contribution is -2.15. The number of aliphatic hydroxyl groups is 1. The van der Waals surface area contributed by atoms with Gasteiger partial charge >= 0.3 is 5.97 Å². The van der Waals surface area contributed by atoms with E-state index in [1.807, 2.05) is 26.0 Å². The largest absolute Gasteiger partial charge is 0.512 e. The predicted molar refractivity (Wildman–Crippen MR) is 182 cm³/mol. The number of ketones is 1. The number of hydrogen-bond acceptors (Lipinski definition) is 8. The van der Waals surface area contributed by atoms with E-state index in [9.17, 15) is 14.7 Å². The molecule has 0 amide bonds. The van der Waals surface area contributed by atoms with E-state index in [-0.39, 0.29) is 36.4 Å². The van der Waals surface area contributed by atoms with Crippen LogP contribution in [0.3, 0.4) is 0 Å². The van der Waals surface area contributed by atoms with Crippen molar-refractivity contribution in [3.05, 3.63) is 91.5 Å². The Labute approximate surface area is 271 Å². The Kier molecular flexibility index (Phi) is 8.57. The van der Waals surface area contributed by atoms with Crippen molar-refractivity contribution in [2.24, 2.45) is 26.8 Å². The Balaban J connectivity index is 1.59. The van der Waals surface area contributed by atoms with E-state index in [2.05, 4.69) is 39.1 Å². The van der Waals surface area contributed by atoms with E-state index in [4.69, 9.17) is 19.7 Å². The molecule has 46 heavy (non-hydrogen) atoms. The van der Waals surface area contributed by atoms with Crippen LogP contribution in [-0.4, -0.2) is 41.1 Å². The topological polar surface area (TPSA) is 113 Å². The average molecular weight is 621 g/mol. The zero-order chi connectivity index (χ0) is 32.9. The molecule has 5 heterocycles. The molecule has 1 saturated heterocycles. The number of hydrogen-bond donors (Lipinski definition) is 2. The summed E-state index contributed by atoms with van der Waals surface area (Å²) in [6, 6.07) is 0. The Bertz CT molecular complexity index is 1800. The van der Waals surface area contributed by atoms with Gasteiger partial charge in [0.2, 0.25) is 0 Å². The molecular weight excluding hydrogens is 576 g/mol. The second-order valence-electron chi connectivity index (χ2n) is 13.0. The molecule has 1 saturated carbocycles. The first-order chi connectivity index (χ1) is 22.1. The summed E-state index contributed by atoms with van der Waals surface area (Å²) in [5, 5.41) is 15.1.